The average Bonchev–Trinajstić information content (AvgIpc) is 0.665. The normalized spacial score (nSPS) is 12.7. The third kappa shape index (κ3) is 8.15. The molecule has 2 nitrogen and oxygen atoms in total. The van der Waals surface area contributed by atoms with Crippen molar-refractivity contribution in [1.29, 1.82) is 0 Å². The highest BCUT2D eigenvalue weighted by atomic mass is 16.5. The lowest BCUT2D eigenvalue weighted by Gasteiger charge is -2.38. The van der Waals surface area contributed by atoms with Gasteiger partial charge in [0.2, 0.25) is 0 Å². The van der Waals surface area contributed by atoms with Crippen LogP contribution < -0.4 is 42.3 Å². The average molecular weight is 1220 g/mol. The Kier molecular flexibility index (Phi) is 11.9. The van der Waals surface area contributed by atoms with Crippen molar-refractivity contribution in [1.82, 2.24) is 0 Å². The molecule has 16 aromatic carbocycles. The minimum absolute atomic E-state index is 0.145. The molecule has 0 saturated carbocycles. The number of fused-ring (bicyclic) bond motifs is 8. The first-order valence-electron chi connectivity index (χ1n) is 33.7. The second kappa shape index (κ2) is 20.9. The molecule has 0 fully saturated rings. The zero-order chi connectivity index (χ0) is 63.6. The third-order valence-corrected chi connectivity index (χ3v) is 21.3. The fourth-order valence-electron chi connectivity index (χ4n) is 17.3. The van der Waals surface area contributed by atoms with Crippen molar-refractivity contribution in [3.63, 3.8) is 0 Å². The van der Waals surface area contributed by atoms with Crippen LogP contribution in [0.4, 0.5) is 0 Å². The van der Waals surface area contributed by atoms with Crippen LogP contribution in [0.1, 0.15) is 22.3 Å². The van der Waals surface area contributed by atoms with E-state index in [4.69, 9.17) is 9.47 Å². The molecule has 20 rings (SSSR count). The molecule has 0 aromatic heterocycles. The zero-order valence-corrected chi connectivity index (χ0v) is 53.7. The Labute approximate surface area is 559 Å². The SMILES string of the molecule is Cc1ccc2c(c1)Oc1cc(C)cc3c1B2c1cc2c(-c4c(-c5ccccc5)cc(-c5ccccc5)cc4-c4ccccc4)cc4c5c(cc6c(-c7c(-c8ccccc8)cc(-c8ccccc8)cc7-c7ccccc7)cc-3c1c6c25)B1c2ccc(C)cc2Oc2cc(C)cc-4c21. The fourth-order valence-corrected chi connectivity index (χ4v) is 17.3. The highest BCUT2D eigenvalue weighted by Crippen LogP contribution is 2.56. The third-order valence-electron chi connectivity index (χ3n) is 21.3. The Bertz CT molecular complexity index is 5470. The molecule has 0 atom stereocenters. The van der Waals surface area contributed by atoms with Crippen LogP contribution in [-0.4, -0.2) is 13.4 Å². The number of rotatable bonds is 8. The van der Waals surface area contributed by atoms with Crippen molar-refractivity contribution in [3.8, 4) is 134 Å². The molecule has 96 heavy (non-hydrogen) atoms. The lowest BCUT2D eigenvalue weighted by atomic mass is 9.31. The lowest BCUT2D eigenvalue weighted by molar-refractivity contribution is 0.486. The van der Waals surface area contributed by atoms with Gasteiger partial charge in [-0.2, -0.15) is 0 Å². The van der Waals surface area contributed by atoms with Gasteiger partial charge in [-0.05, 0) is 276 Å². The van der Waals surface area contributed by atoms with Crippen LogP contribution >= 0.6 is 0 Å². The first kappa shape index (κ1) is 54.8. The zero-order valence-electron chi connectivity index (χ0n) is 53.7. The van der Waals surface area contributed by atoms with Crippen molar-refractivity contribution in [2.24, 2.45) is 0 Å². The van der Waals surface area contributed by atoms with Gasteiger partial charge in [-0.3, -0.25) is 0 Å². The van der Waals surface area contributed by atoms with Gasteiger partial charge in [-0.15, -0.1) is 0 Å². The van der Waals surface area contributed by atoms with E-state index in [9.17, 15) is 0 Å². The lowest BCUT2D eigenvalue weighted by Crippen LogP contribution is -2.58. The van der Waals surface area contributed by atoms with Crippen LogP contribution in [0.15, 0.2) is 291 Å². The summed E-state index contributed by atoms with van der Waals surface area (Å²) in [4.78, 5) is 0. The Balaban J connectivity index is 1.05. The van der Waals surface area contributed by atoms with Gasteiger partial charge in [0.25, 0.3) is 13.4 Å². The van der Waals surface area contributed by atoms with Gasteiger partial charge >= 0.3 is 0 Å². The minimum Gasteiger partial charge on any atom is -0.458 e. The van der Waals surface area contributed by atoms with Gasteiger partial charge in [0, 0.05) is 0 Å². The van der Waals surface area contributed by atoms with E-state index in [2.05, 4.69) is 319 Å². The number of hydrogen-bond acceptors (Lipinski definition) is 2. The Hall–Kier alpha value is -11.7. The van der Waals surface area contributed by atoms with Gasteiger partial charge in [0.05, 0.1) is 0 Å². The molecule has 0 radical (unpaired) electrons. The van der Waals surface area contributed by atoms with Crippen LogP contribution in [0.3, 0.4) is 0 Å². The largest absolute Gasteiger partial charge is 0.458 e. The van der Waals surface area contributed by atoms with Gasteiger partial charge < -0.3 is 9.47 Å². The molecule has 0 saturated heterocycles. The molecule has 0 aliphatic carbocycles. The van der Waals surface area contributed by atoms with E-state index in [0.717, 1.165) is 56.4 Å². The van der Waals surface area contributed by atoms with E-state index in [1.165, 1.54) is 165 Å². The smallest absolute Gasteiger partial charge is 0.252 e. The van der Waals surface area contributed by atoms with Crippen molar-refractivity contribution in [2.75, 3.05) is 0 Å². The van der Waals surface area contributed by atoms with E-state index in [1.807, 2.05) is 0 Å². The van der Waals surface area contributed by atoms with E-state index in [1.54, 1.807) is 0 Å². The summed E-state index contributed by atoms with van der Waals surface area (Å²) in [5.74, 6) is 3.68. The second-order valence-electron chi connectivity index (χ2n) is 27.2. The molecular weight excluding hydrogens is 1160 g/mol. The highest BCUT2D eigenvalue weighted by molar-refractivity contribution is 7.01. The quantitative estimate of drug-likeness (QED) is 0.112. The molecule has 0 N–H and O–H groups in total. The van der Waals surface area contributed by atoms with E-state index in [0.29, 0.717) is 0 Å². The van der Waals surface area contributed by atoms with Crippen LogP contribution in [0.2, 0.25) is 0 Å². The summed E-state index contributed by atoms with van der Waals surface area (Å²) in [6.45, 7) is 8.56. The van der Waals surface area contributed by atoms with Gasteiger partial charge in [0.1, 0.15) is 23.0 Å². The number of aryl methyl sites for hydroxylation is 4. The molecule has 4 heterocycles. The van der Waals surface area contributed by atoms with Gasteiger partial charge in [-0.1, -0.05) is 241 Å². The van der Waals surface area contributed by atoms with E-state index >= 15 is 0 Å². The standard InChI is InChI=1S/C92H60B2O2/c1-53-35-37-77-81(41-53)95-83-43-55(3)39-75-71-49-70(86-67(61-31-19-9-20-32-61)47-64(58-25-13-6-14-26-58)48-68(86)62-33-21-10-22-34-62)74-52-80-88-72(76-40-56(4)44-84-92(76)94(80)78-38-36-54(2)42-82(78)96-84)50-69(73-51-79(93(77)91(75)83)87(71)89(74)90(73)88)85-65(59-27-15-7-16-28-59)45-63(57-23-11-5-12-24-57)46-66(85)60-29-17-8-18-30-60/h5-52H,1-4H3. The fraction of sp³-hybridized carbons (Fsp3) is 0.0435. The van der Waals surface area contributed by atoms with Gasteiger partial charge in [-0.25, -0.2) is 0 Å². The molecule has 16 aromatic rings. The molecule has 0 amide bonds. The van der Waals surface area contributed by atoms with Crippen molar-refractivity contribution in [2.45, 2.75) is 27.7 Å². The Morgan fingerprint density at radius 1 is 0.208 bits per heavy atom. The van der Waals surface area contributed by atoms with Crippen LogP contribution in [0.5, 0.6) is 23.0 Å². The monoisotopic (exact) mass is 1220 g/mol. The Morgan fingerprint density at radius 3 is 0.854 bits per heavy atom. The number of ether oxygens (including phenoxy) is 2. The summed E-state index contributed by atoms with van der Waals surface area (Å²) in [6.07, 6.45) is 0. The predicted octanol–water partition coefficient (Wildman–Crippen LogP) is 20.4. The van der Waals surface area contributed by atoms with Crippen LogP contribution in [-0.2, 0) is 0 Å². The van der Waals surface area contributed by atoms with E-state index in [-0.39, 0.29) is 13.4 Å². The summed E-state index contributed by atoms with van der Waals surface area (Å²) < 4.78 is 14.6. The van der Waals surface area contributed by atoms with Crippen LogP contribution in [0, 0.1) is 27.7 Å². The molecule has 446 valence electrons. The molecule has 4 heteroatoms. The minimum atomic E-state index is -0.145. The topological polar surface area (TPSA) is 18.5 Å². The first-order valence-corrected chi connectivity index (χ1v) is 33.7. The summed E-state index contributed by atoms with van der Waals surface area (Å²) >= 11 is 0. The van der Waals surface area contributed by atoms with Crippen molar-refractivity contribution >= 4 is 78.5 Å². The predicted molar refractivity (Wildman–Crippen MR) is 406 cm³/mol. The van der Waals surface area contributed by atoms with E-state index < -0.39 is 0 Å². The molecular formula is C92H60B2O2. The Morgan fingerprint density at radius 2 is 0.521 bits per heavy atom. The second-order valence-corrected chi connectivity index (χ2v) is 27.2. The molecule has 0 bridgehead atoms. The maximum absolute atomic E-state index is 7.28. The summed E-state index contributed by atoms with van der Waals surface area (Å²) in [5.41, 5.74) is 35.7. The van der Waals surface area contributed by atoms with Crippen molar-refractivity contribution < 1.29 is 9.47 Å². The van der Waals surface area contributed by atoms with Crippen LogP contribution in [0.25, 0.3) is 144 Å². The maximum Gasteiger partial charge on any atom is 0.252 e. The number of hydrogen-bond donors (Lipinski definition) is 0. The summed E-state index contributed by atoms with van der Waals surface area (Å²) in [6, 6.07) is 110. The maximum atomic E-state index is 7.28. The summed E-state index contributed by atoms with van der Waals surface area (Å²) in [5, 5.41) is 7.62. The highest BCUT2D eigenvalue weighted by Gasteiger charge is 2.45. The van der Waals surface area contributed by atoms with Crippen molar-refractivity contribution in [3.05, 3.63) is 313 Å². The molecule has 4 aliphatic heterocycles. The van der Waals surface area contributed by atoms with Gasteiger partial charge in [0.15, 0.2) is 0 Å². The number of benzene rings is 16. The molecule has 0 spiro atoms. The first-order chi connectivity index (χ1) is 47.2. The summed E-state index contributed by atoms with van der Waals surface area (Å²) in [7, 11) is 0. The molecule has 0 unspecified atom stereocenters. The molecule has 4 aliphatic rings.